The number of rotatable bonds is 7. The summed E-state index contributed by atoms with van der Waals surface area (Å²) in [5.41, 5.74) is 0. The Morgan fingerprint density at radius 2 is 2.10 bits per heavy atom. The van der Waals surface area contributed by atoms with Crippen molar-refractivity contribution in [2.45, 2.75) is 44.9 Å². The van der Waals surface area contributed by atoms with Gasteiger partial charge >= 0.3 is 0 Å². The summed E-state index contributed by atoms with van der Waals surface area (Å²) in [5, 5.41) is 4.63. The zero-order chi connectivity index (χ0) is 14.5. The molecule has 1 saturated carbocycles. The van der Waals surface area contributed by atoms with Crippen molar-refractivity contribution in [3.63, 3.8) is 0 Å². The van der Waals surface area contributed by atoms with E-state index in [4.69, 9.17) is 32.7 Å². The third kappa shape index (κ3) is 3.79. The summed E-state index contributed by atoms with van der Waals surface area (Å²) in [6, 6.07) is 5.65. The minimum Gasteiger partial charge on any atom is -0.486 e. The Morgan fingerprint density at radius 3 is 2.75 bits per heavy atom. The average Bonchev–Trinajstić information content (AvgIpc) is 2.41. The fraction of sp³-hybridized carbons (Fsp3) is 0.600. The van der Waals surface area contributed by atoms with E-state index in [1.807, 2.05) is 6.92 Å². The van der Waals surface area contributed by atoms with Gasteiger partial charge in [-0.15, -0.1) is 0 Å². The lowest BCUT2D eigenvalue weighted by molar-refractivity contribution is -0.104. The number of hydrogen-bond donors (Lipinski definition) is 1. The summed E-state index contributed by atoms with van der Waals surface area (Å²) in [6.45, 7) is 5.84. The van der Waals surface area contributed by atoms with Crippen LogP contribution in [-0.4, -0.2) is 31.4 Å². The van der Waals surface area contributed by atoms with Crippen molar-refractivity contribution >= 4 is 23.2 Å². The Balaban J connectivity index is 1.95. The molecule has 1 aromatic rings. The average molecular weight is 318 g/mol. The summed E-state index contributed by atoms with van der Waals surface area (Å²) in [7, 11) is 0. The summed E-state index contributed by atoms with van der Waals surface area (Å²) >= 11 is 12.0. The Kier molecular flexibility index (Phi) is 5.97. The molecule has 1 fully saturated rings. The molecule has 1 aliphatic carbocycles. The topological polar surface area (TPSA) is 30.5 Å². The number of halogens is 2. The third-order valence-corrected chi connectivity index (χ3v) is 3.97. The summed E-state index contributed by atoms with van der Waals surface area (Å²) in [5.74, 6) is 0.666. The first kappa shape index (κ1) is 15.9. The van der Waals surface area contributed by atoms with Crippen LogP contribution in [-0.2, 0) is 4.74 Å². The normalized spacial score (nSPS) is 25.3. The van der Waals surface area contributed by atoms with Crippen LogP contribution in [0.15, 0.2) is 18.2 Å². The zero-order valence-corrected chi connectivity index (χ0v) is 13.4. The second kappa shape index (κ2) is 7.51. The highest BCUT2D eigenvalue weighted by atomic mass is 35.5. The van der Waals surface area contributed by atoms with Crippen molar-refractivity contribution in [2.24, 2.45) is 0 Å². The Bertz CT molecular complexity index is 442. The van der Waals surface area contributed by atoms with Gasteiger partial charge in [0, 0.05) is 24.1 Å². The van der Waals surface area contributed by atoms with Gasteiger partial charge in [-0.2, -0.15) is 0 Å². The van der Waals surface area contributed by atoms with Crippen LogP contribution >= 0.6 is 23.2 Å². The predicted octanol–water partition coefficient (Wildman–Crippen LogP) is 3.92. The number of nitrogens with one attached hydrogen (secondary N) is 1. The molecular formula is C15H21Cl2NO2. The molecule has 0 saturated heterocycles. The summed E-state index contributed by atoms with van der Waals surface area (Å²) in [4.78, 5) is 0. The third-order valence-electron chi connectivity index (χ3n) is 3.44. The Labute approximate surface area is 130 Å². The van der Waals surface area contributed by atoms with E-state index in [1.54, 1.807) is 18.2 Å². The van der Waals surface area contributed by atoms with Crippen molar-refractivity contribution in [1.82, 2.24) is 5.32 Å². The first-order chi connectivity index (χ1) is 9.65. The van der Waals surface area contributed by atoms with Gasteiger partial charge in [-0.05, 0) is 38.1 Å². The molecule has 0 bridgehead atoms. The minimum atomic E-state index is 0.0444. The molecule has 3 atom stereocenters. The lowest BCUT2D eigenvalue weighted by atomic mass is 9.85. The van der Waals surface area contributed by atoms with E-state index in [0.717, 1.165) is 19.4 Å². The first-order valence-corrected chi connectivity index (χ1v) is 7.88. The largest absolute Gasteiger partial charge is 0.486 e. The van der Waals surface area contributed by atoms with Crippen LogP contribution in [0.3, 0.4) is 0 Å². The van der Waals surface area contributed by atoms with Gasteiger partial charge in [0.15, 0.2) is 0 Å². The second-order valence-corrected chi connectivity index (χ2v) is 5.79. The zero-order valence-electron chi connectivity index (χ0n) is 11.9. The van der Waals surface area contributed by atoms with Gasteiger partial charge in [-0.3, -0.25) is 0 Å². The molecule has 3 unspecified atom stereocenters. The Hall–Kier alpha value is -0.480. The van der Waals surface area contributed by atoms with Gasteiger partial charge in [-0.1, -0.05) is 30.1 Å². The van der Waals surface area contributed by atoms with E-state index < -0.39 is 0 Å². The van der Waals surface area contributed by atoms with Crippen LogP contribution in [0.2, 0.25) is 10.0 Å². The highest BCUT2D eigenvalue weighted by molar-refractivity contribution is 6.35. The summed E-state index contributed by atoms with van der Waals surface area (Å²) < 4.78 is 11.7. The van der Waals surface area contributed by atoms with Crippen LogP contribution in [0.25, 0.3) is 0 Å². The molecule has 1 aliphatic rings. The Morgan fingerprint density at radius 1 is 1.30 bits per heavy atom. The highest BCUT2D eigenvalue weighted by Gasteiger charge is 2.43. The van der Waals surface area contributed by atoms with Gasteiger partial charge in [0.1, 0.15) is 18.0 Å². The number of benzene rings is 1. The maximum absolute atomic E-state index is 6.13. The van der Waals surface area contributed by atoms with Crippen LogP contribution < -0.4 is 10.1 Å². The van der Waals surface area contributed by atoms with Crippen molar-refractivity contribution in [1.29, 1.82) is 0 Å². The van der Waals surface area contributed by atoms with Crippen molar-refractivity contribution in [3.05, 3.63) is 28.2 Å². The maximum atomic E-state index is 6.13. The predicted molar refractivity (Wildman–Crippen MR) is 83.0 cm³/mol. The quantitative estimate of drug-likeness (QED) is 0.826. The lowest BCUT2D eigenvalue weighted by Crippen LogP contribution is -2.61. The van der Waals surface area contributed by atoms with Crippen LogP contribution in [0.5, 0.6) is 5.75 Å². The monoisotopic (exact) mass is 317 g/mol. The standard InChI is InChI=1S/C15H21Cl2NO2/c1-3-7-18-12-9-14(15(12)19-4-2)20-13-6-5-10(16)8-11(13)17/h5-6,8,12,14-15,18H,3-4,7,9H2,1-2H3. The molecule has 1 aromatic carbocycles. The van der Waals surface area contributed by atoms with Crippen molar-refractivity contribution < 1.29 is 9.47 Å². The van der Waals surface area contributed by atoms with Gasteiger partial charge < -0.3 is 14.8 Å². The molecule has 0 aromatic heterocycles. The fourth-order valence-electron chi connectivity index (χ4n) is 2.38. The van der Waals surface area contributed by atoms with E-state index in [-0.39, 0.29) is 12.2 Å². The smallest absolute Gasteiger partial charge is 0.138 e. The number of ether oxygens (including phenoxy) is 2. The van der Waals surface area contributed by atoms with Gasteiger partial charge in [0.25, 0.3) is 0 Å². The van der Waals surface area contributed by atoms with Gasteiger partial charge in [0.2, 0.25) is 0 Å². The molecule has 0 radical (unpaired) electrons. The van der Waals surface area contributed by atoms with Crippen LogP contribution in [0.1, 0.15) is 26.7 Å². The summed E-state index contributed by atoms with van der Waals surface area (Å²) in [6.07, 6.45) is 2.18. The fourth-order valence-corrected chi connectivity index (χ4v) is 2.83. The van der Waals surface area contributed by atoms with Crippen molar-refractivity contribution in [3.8, 4) is 5.75 Å². The van der Waals surface area contributed by atoms with E-state index >= 15 is 0 Å². The van der Waals surface area contributed by atoms with Crippen LogP contribution in [0, 0.1) is 0 Å². The van der Waals surface area contributed by atoms with E-state index in [9.17, 15) is 0 Å². The number of hydrogen-bond acceptors (Lipinski definition) is 3. The highest BCUT2D eigenvalue weighted by Crippen LogP contribution is 2.34. The molecule has 1 N–H and O–H groups in total. The molecule has 20 heavy (non-hydrogen) atoms. The van der Waals surface area contributed by atoms with Gasteiger partial charge in [0.05, 0.1) is 5.02 Å². The van der Waals surface area contributed by atoms with E-state index in [2.05, 4.69) is 12.2 Å². The SMILES string of the molecule is CCCNC1CC(Oc2ccc(Cl)cc2Cl)C1OCC. The lowest BCUT2D eigenvalue weighted by Gasteiger charge is -2.44. The second-order valence-electron chi connectivity index (χ2n) is 4.95. The van der Waals surface area contributed by atoms with E-state index in [0.29, 0.717) is 28.4 Å². The molecule has 5 heteroatoms. The molecule has 3 nitrogen and oxygen atoms in total. The van der Waals surface area contributed by atoms with Crippen LogP contribution in [0.4, 0.5) is 0 Å². The molecule has 0 spiro atoms. The molecule has 2 rings (SSSR count). The first-order valence-electron chi connectivity index (χ1n) is 7.12. The van der Waals surface area contributed by atoms with E-state index in [1.165, 1.54) is 0 Å². The molecule has 0 amide bonds. The molecule has 0 aliphatic heterocycles. The minimum absolute atomic E-state index is 0.0444. The molecule has 0 heterocycles. The van der Waals surface area contributed by atoms with Crippen molar-refractivity contribution in [2.75, 3.05) is 13.2 Å². The molecule has 112 valence electrons. The molecular weight excluding hydrogens is 297 g/mol. The van der Waals surface area contributed by atoms with Gasteiger partial charge in [-0.25, -0.2) is 0 Å². The maximum Gasteiger partial charge on any atom is 0.138 e.